The second-order valence-corrected chi connectivity index (χ2v) is 20.9. The van der Waals surface area contributed by atoms with E-state index in [4.69, 9.17) is 18.9 Å². The first kappa shape index (κ1) is 42.4. The number of benzene rings is 2. The molecule has 6 aliphatic rings. The lowest BCUT2D eigenvalue weighted by molar-refractivity contribution is -0.323. The van der Waals surface area contributed by atoms with Crippen molar-refractivity contribution in [2.24, 2.45) is 34.0 Å². The SMILES string of the molecule is CC(=O)c1c(C)c(O)c2cc(C(=O)O)cc(O[C@@H]3O[C@H](CO)[C@]4(CC[C@@H]5C[C@]6(CCC7(CCCC7)C6)C[C@H]6COC[C@@](CCO)(CSSCO4)[C@@H]56)[C@H](O)[C@H]3O)c2c1O. The fourth-order valence-corrected chi connectivity index (χ4v) is 15.3. The summed E-state index contributed by atoms with van der Waals surface area (Å²) in [5.74, 6) is -1.57. The first-order chi connectivity index (χ1) is 27.7. The summed E-state index contributed by atoms with van der Waals surface area (Å²) in [5, 5.41) is 77.7. The molecule has 3 aliphatic carbocycles. The van der Waals surface area contributed by atoms with Crippen molar-refractivity contribution < 1.29 is 64.3 Å². The van der Waals surface area contributed by atoms with Gasteiger partial charge >= 0.3 is 5.97 Å². The zero-order valence-electron chi connectivity index (χ0n) is 33.3. The Kier molecular flexibility index (Phi) is 11.8. The lowest BCUT2D eigenvalue weighted by Gasteiger charge is -2.58. The first-order valence-electron chi connectivity index (χ1n) is 20.8. The molecule has 0 bridgehead atoms. The largest absolute Gasteiger partial charge is 0.507 e. The Morgan fingerprint density at radius 2 is 1.71 bits per heavy atom. The topological polar surface area (TPSA) is 213 Å². The van der Waals surface area contributed by atoms with Gasteiger partial charge in [-0.25, -0.2) is 4.79 Å². The minimum absolute atomic E-state index is 0.0492. The Balaban J connectivity index is 1.13. The van der Waals surface area contributed by atoms with Gasteiger partial charge in [0.1, 0.15) is 47.1 Å². The van der Waals surface area contributed by atoms with E-state index < -0.39 is 60.1 Å². The summed E-state index contributed by atoms with van der Waals surface area (Å²) in [6.07, 6.45) is 6.18. The van der Waals surface area contributed by atoms with Crippen LogP contribution in [0, 0.1) is 40.9 Å². The molecular formula is C43H58O13S2. The Morgan fingerprint density at radius 3 is 2.41 bits per heavy atom. The van der Waals surface area contributed by atoms with Crippen LogP contribution in [-0.2, 0) is 14.2 Å². The van der Waals surface area contributed by atoms with E-state index >= 15 is 0 Å². The van der Waals surface area contributed by atoms with Crippen LogP contribution in [0.15, 0.2) is 12.1 Å². The molecule has 3 spiro atoms. The predicted octanol–water partition coefficient (Wildman–Crippen LogP) is 5.94. The number of hydrogen-bond acceptors (Lipinski definition) is 14. The predicted molar refractivity (Wildman–Crippen MR) is 217 cm³/mol. The van der Waals surface area contributed by atoms with Crippen molar-refractivity contribution >= 4 is 44.1 Å². The number of aliphatic hydroxyl groups is 4. The number of carboxylic acid groups (broad SMARTS) is 1. The maximum atomic E-state index is 12.6. The number of carbonyl (C=O) groups is 2. The van der Waals surface area contributed by atoms with E-state index in [9.17, 15) is 45.3 Å². The molecule has 0 radical (unpaired) electrons. The Bertz CT molecular complexity index is 1900. The molecule has 58 heavy (non-hydrogen) atoms. The molecule has 0 aromatic heterocycles. The molecule has 320 valence electrons. The fourth-order valence-electron chi connectivity index (χ4n) is 12.9. The number of ketones is 1. The third-order valence-corrected chi connectivity index (χ3v) is 17.5. The molecule has 8 rings (SSSR count). The number of hydrogen-bond donors (Lipinski definition) is 7. The van der Waals surface area contributed by atoms with Gasteiger partial charge in [0.05, 0.1) is 29.7 Å². The van der Waals surface area contributed by atoms with E-state index in [2.05, 4.69) is 0 Å². The Hall–Kier alpha value is -2.34. The summed E-state index contributed by atoms with van der Waals surface area (Å²) in [5.41, 5.74) is -1.66. The number of carboxylic acids is 1. The number of aromatic carboxylic acids is 1. The highest BCUT2D eigenvalue weighted by molar-refractivity contribution is 8.76. The lowest BCUT2D eigenvalue weighted by atomic mass is 9.51. The summed E-state index contributed by atoms with van der Waals surface area (Å²) in [6.45, 7) is 3.35. The molecule has 6 fully saturated rings. The second kappa shape index (κ2) is 16.2. The number of phenols is 2. The van der Waals surface area contributed by atoms with Gasteiger partial charge in [0.25, 0.3) is 0 Å². The number of rotatable bonds is 7. The van der Waals surface area contributed by atoms with Gasteiger partial charge in [0.2, 0.25) is 6.29 Å². The normalized spacial score (nSPS) is 37.5. The van der Waals surface area contributed by atoms with Gasteiger partial charge in [-0.1, -0.05) is 34.4 Å². The van der Waals surface area contributed by atoms with Crippen molar-refractivity contribution in [2.75, 3.05) is 38.1 Å². The van der Waals surface area contributed by atoms with E-state index in [0.29, 0.717) is 37.4 Å². The molecule has 3 saturated carbocycles. The van der Waals surface area contributed by atoms with E-state index in [-0.39, 0.29) is 74.8 Å². The van der Waals surface area contributed by atoms with Gasteiger partial charge in [-0.05, 0) is 119 Å². The average molecular weight is 847 g/mol. The number of ether oxygens (including phenoxy) is 4. The van der Waals surface area contributed by atoms with Crippen molar-refractivity contribution in [2.45, 2.75) is 121 Å². The monoisotopic (exact) mass is 846 g/mol. The van der Waals surface area contributed by atoms with Gasteiger partial charge in [-0.3, -0.25) is 4.79 Å². The number of Topliss-reactive ketones (excluding diaryl/α,β-unsaturated/α-hetero) is 1. The van der Waals surface area contributed by atoms with Crippen LogP contribution in [0.1, 0.15) is 110 Å². The zero-order valence-corrected chi connectivity index (χ0v) is 35.0. The molecule has 7 N–H and O–H groups in total. The van der Waals surface area contributed by atoms with E-state index in [1.165, 1.54) is 69.6 Å². The maximum absolute atomic E-state index is 12.6. The summed E-state index contributed by atoms with van der Waals surface area (Å²) in [7, 11) is 3.11. The highest BCUT2D eigenvalue weighted by atomic mass is 33.1. The number of fused-ring (bicyclic) bond motifs is 1. The summed E-state index contributed by atoms with van der Waals surface area (Å²) >= 11 is 0. The third kappa shape index (κ3) is 7.11. The fraction of sp³-hybridized carbons (Fsp3) is 0.721. The number of carbonyl (C=O) groups excluding carboxylic acids is 1. The van der Waals surface area contributed by atoms with Crippen LogP contribution in [-0.4, -0.2) is 116 Å². The lowest BCUT2D eigenvalue weighted by Crippen LogP contribution is -2.69. The van der Waals surface area contributed by atoms with E-state index in [1.807, 2.05) is 0 Å². The van der Waals surface area contributed by atoms with Crippen LogP contribution in [0.5, 0.6) is 17.2 Å². The molecule has 13 nitrogen and oxygen atoms in total. The molecule has 2 aromatic rings. The van der Waals surface area contributed by atoms with Gasteiger partial charge in [-0.2, -0.15) is 0 Å². The highest BCUT2D eigenvalue weighted by Gasteiger charge is 2.62. The Labute approximate surface area is 346 Å². The van der Waals surface area contributed by atoms with E-state index in [0.717, 1.165) is 30.7 Å². The average Bonchev–Trinajstić information content (AvgIpc) is 3.79. The molecule has 2 aromatic carbocycles. The molecule has 3 saturated heterocycles. The molecule has 10 atom stereocenters. The van der Waals surface area contributed by atoms with E-state index in [1.54, 1.807) is 10.8 Å². The van der Waals surface area contributed by atoms with Crippen LogP contribution >= 0.6 is 21.6 Å². The van der Waals surface area contributed by atoms with Crippen LogP contribution in [0.2, 0.25) is 0 Å². The third-order valence-electron chi connectivity index (χ3n) is 15.3. The summed E-state index contributed by atoms with van der Waals surface area (Å²) in [6, 6.07) is 2.23. The van der Waals surface area contributed by atoms with Crippen molar-refractivity contribution in [3.05, 3.63) is 28.8 Å². The van der Waals surface area contributed by atoms with Crippen molar-refractivity contribution in [3.63, 3.8) is 0 Å². The number of aliphatic hydroxyl groups excluding tert-OH is 4. The van der Waals surface area contributed by atoms with Gasteiger partial charge in [-0.15, -0.1) is 0 Å². The first-order valence-corrected chi connectivity index (χ1v) is 23.3. The van der Waals surface area contributed by atoms with Crippen molar-refractivity contribution in [1.29, 1.82) is 0 Å². The van der Waals surface area contributed by atoms with Crippen molar-refractivity contribution in [1.82, 2.24) is 0 Å². The molecule has 3 aliphatic heterocycles. The molecule has 3 heterocycles. The number of phenolic OH excluding ortho intramolecular Hbond substituents is 2. The second-order valence-electron chi connectivity index (χ2n) is 18.5. The highest BCUT2D eigenvalue weighted by Crippen LogP contribution is 2.67. The van der Waals surface area contributed by atoms with Crippen molar-refractivity contribution in [3.8, 4) is 17.2 Å². The van der Waals surface area contributed by atoms with Gasteiger partial charge in [0.15, 0.2) is 5.78 Å². The zero-order chi connectivity index (χ0) is 41.2. The number of aromatic hydroxyl groups is 2. The van der Waals surface area contributed by atoms with Crippen LogP contribution in [0.4, 0.5) is 0 Å². The molecule has 15 heteroatoms. The van der Waals surface area contributed by atoms with Gasteiger partial charge in [0, 0.05) is 35.3 Å². The van der Waals surface area contributed by atoms with Crippen LogP contribution < -0.4 is 4.74 Å². The molecule has 0 amide bonds. The standard InChI is InChI=1S/C43H58O13S2/c1-23-31(24(2)46)35(48)32-28(34(23)47)13-26(38(51)52)14-29(32)55-39-36(49)37(50)43(30(17-45)56-39)8-5-25-15-41(10-9-40(19-41)6-3-4-7-40)16-27-18-53-20-42(11-12-44,33(25)27)21-57-58-22-54-43/h13-14,25,27,30,33,36-37,39,44-45,47-50H,3-12,15-22H2,1-2H3,(H,51,52)/t25-,27+,30-,33+,36-,37-,39-,41-,42+,43-/m1/s1. The Morgan fingerprint density at radius 1 is 0.966 bits per heavy atom. The quantitative estimate of drug-likeness (QED) is 0.0977. The molecular weight excluding hydrogens is 789 g/mol. The minimum Gasteiger partial charge on any atom is -0.507 e. The smallest absolute Gasteiger partial charge is 0.335 e. The summed E-state index contributed by atoms with van der Waals surface area (Å²) < 4.78 is 25.5. The summed E-state index contributed by atoms with van der Waals surface area (Å²) in [4.78, 5) is 24.8. The van der Waals surface area contributed by atoms with Crippen LogP contribution in [0.3, 0.4) is 0 Å². The minimum atomic E-state index is -1.78. The maximum Gasteiger partial charge on any atom is 0.335 e. The van der Waals surface area contributed by atoms with Crippen LogP contribution in [0.25, 0.3) is 10.8 Å². The molecule has 0 unspecified atom stereocenters. The van der Waals surface area contributed by atoms with Gasteiger partial charge < -0.3 is 54.7 Å².